The van der Waals surface area contributed by atoms with Crippen molar-refractivity contribution in [1.29, 1.82) is 0 Å². The first kappa shape index (κ1) is 25.3. The molecule has 1 heterocycles. The largest absolute Gasteiger partial charge is 0.268 e. The lowest BCUT2D eigenvalue weighted by molar-refractivity contribution is 0.308. The monoisotopic (exact) mass is 553 g/mol. The van der Waals surface area contributed by atoms with Gasteiger partial charge in [0.1, 0.15) is 5.82 Å². The lowest BCUT2D eigenvalue weighted by Gasteiger charge is -2.30. The number of halogens is 1. The summed E-state index contributed by atoms with van der Waals surface area (Å²) in [6.45, 7) is 6.22. The van der Waals surface area contributed by atoms with Crippen LogP contribution in [0.1, 0.15) is 39.1 Å². The molecule has 0 saturated carbocycles. The van der Waals surface area contributed by atoms with Crippen LogP contribution in [0.5, 0.6) is 0 Å². The van der Waals surface area contributed by atoms with Crippen LogP contribution in [0.2, 0.25) is 0 Å². The smallest absolute Gasteiger partial charge is 0.266 e. The molecule has 3 aromatic carbocycles. The zero-order chi connectivity index (χ0) is 25.2. The van der Waals surface area contributed by atoms with Crippen molar-refractivity contribution < 1.29 is 8.42 Å². The van der Waals surface area contributed by atoms with Crippen LogP contribution in [0.25, 0.3) is 16.6 Å². The molecule has 0 radical (unpaired) electrons. The molecule has 0 bridgehead atoms. The number of hydrogen-bond donors (Lipinski definition) is 0. The molecule has 182 valence electrons. The summed E-state index contributed by atoms with van der Waals surface area (Å²) in [5.74, 6) is 0.674. The third kappa shape index (κ3) is 5.24. The Morgan fingerprint density at radius 2 is 1.54 bits per heavy atom. The highest BCUT2D eigenvalue weighted by Gasteiger charge is 2.33. The maximum atomic E-state index is 13.8. The molecule has 0 aliphatic heterocycles. The van der Waals surface area contributed by atoms with Crippen molar-refractivity contribution >= 4 is 36.9 Å². The SMILES string of the molecule is CC(C)CCN(C(C)c1nc2ccccc2c(=O)n1-c1ccc(Br)cc1)S(=O)(=O)c1ccccc1. The van der Waals surface area contributed by atoms with Crippen LogP contribution in [0.4, 0.5) is 0 Å². The van der Waals surface area contributed by atoms with E-state index in [0.29, 0.717) is 41.3 Å². The second-order valence-electron chi connectivity index (χ2n) is 8.89. The molecule has 0 amide bonds. The first-order chi connectivity index (χ1) is 16.7. The number of rotatable bonds is 8. The van der Waals surface area contributed by atoms with Gasteiger partial charge >= 0.3 is 0 Å². The summed E-state index contributed by atoms with van der Waals surface area (Å²) < 4.78 is 31.5. The maximum Gasteiger partial charge on any atom is 0.266 e. The third-order valence-electron chi connectivity index (χ3n) is 5.97. The highest BCUT2D eigenvalue weighted by molar-refractivity contribution is 9.10. The summed E-state index contributed by atoms with van der Waals surface area (Å²) in [5, 5.41) is 0.478. The molecule has 0 N–H and O–H groups in total. The topological polar surface area (TPSA) is 72.3 Å². The number of fused-ring (bicyclic) bond motifs is 1. The number of benzene rings is 3. The molecule has 0 spiro atoms. The predicted octanol–water partition coefficient (Wildman–Crippen LogP) is 5.95. The van der Waals surface area contributed by atoms with Gasteiger partial charge in [0.05, 0.1) is 27.5 Å². The van der Waals surface area contributed by atoms with Crippen molar-refractivity contribution in [3.63, 3.8) is 0 Å². The summed E-state index contributed by atoms with van der Waals surface area (Å²) in [6, 6.07) is 22.2. The Bertz CT molecular complexity index is 1480. The van der Waals surface area contributed by atoms with Crippen molar-refractivity contribution in [2.75, 3.05) is 6.54 Å². The number of hydrogen-bond acceptors (Lipinski definition) is 4. The fourth-order valence-electron chi connectivity index (χ4n) is 4.03. The van der Waals surface area contributed by atoms with E-state index in [1.807, 2.05) is 30.3 Å². The molecule has 0 fully saturated rings. The highest BCUT2D eigenvalue weighted by atomic mass is 79.9. The Balaban J connectivity index is 1.94. The van der Waals surface area contributed by atoms with Crippen molar-refractivity contribution in [2.24, 2.45) is 5.92 Å². The number of aromatic nitrogens is 2. The van der Waals surface area contributed by atoms with Crippen LogP contribution in [0, 0.1) is 5.92 Å². The van der Waals surface area contributed by atoms with E-state index in [-0.39, 0.29) is 10.5 Å². The van der Waals surface area contributed by atoms with E-state index in [9.17, 15) is 13.2 Å². The fourth-order valence-corrected chi connectivity index (χ4v) is 5.93. The van der Waals surface area contributed by atoms with Gasteiger partial charge in [-0.3, -0.25) is 9.36 Å². The van der Waals surface area contributed by atoms with E-state index in [2.05, 4.69) is 29.8 Å². The number of para-hydroxylation sites is 1. The molecular weight excluding hydrogens is 526 g/mol. The molecule has 4 aromatic rings. The Kier molecular flexibility index (Phi) is 7.54. The third-order valence-corrected chi connectivity index (χ3v) is 8.48. The number of nitrogens with zero attached hydrogens (tertiary/aromatic N) is 3. The van der Waals surface area contributed by atoms with Gasteiger partial charge in [-0.1, -0.05) is 60.1 Å². The summed E-state index contributed by atoms with van der Waals surface area (Å²) in [6.07, 6.45) is 0.673. The minimum absolute atomic E-state index is 0.217. The van der Waals surface area contributed by atoms with Crippen molar-refractivity contribution in [1.82, 2.24) is 13.9 Å². The maximum absolute atomic E-state index is 13.8. The van der Waals surface area contributed by atoms with E-state index in [1.54, 1.807) is 55.5 Å². The van der Waals surface area contributed by atoms with Gasteiger partial charge in [0.15, 0.2) is 0 Å². The quantitative estimate of drug-likeness (QED) is 0.270. The molecule has 0 aliphatic carbocycles. The molecule has 8 heteroatoms. The minimum atomic E-state index is -3.85. The Morgan fingerprint density at radius 3 is 2.20 bits per heavy atom. The Hall–Kier alpha value is -2.81. The summed E-state index contributed by atoms with van der Waals surface area (Å²) in [4.78, 5) is 18.7. The average molecular weight is 555 g/mol. The molecule has 35 heavy (non-hydrogen) atoms. The second-order valence-corrected chi connectivity index (χ2v) is 11.7. The van der Waals surface area contributed by atoms with Gasteiger partial charge < -0.3 is 0 Å². The van der Waals surface area contributed by atoms with Crippen molar-refractivity contribution in [3.05, 3.63) is 99.5 Å². The first-order valence-corrected chi connectivity index (χ1v) is 13.8. The van der Waals surface area contributed by atoms with E-state index in [4.69, 9.17) is 4.98 Å². The standard InChI is InChI=1S/C27H28BrN3O3S/c1-19(2)17-18-30(35(33,34)23-9-5-4-6-10-23)20(3)26-29-25-12-8-7-11-24(25)27(32)31(26)22-15-13-21(28)14-16-22/h4-16,19-20H,17-18H2,1-3H3. The van der Waals surface area contributed by atoms with Crippen LogP contribution < -0.4 is 5.56 Å². The van der Waals surface area contributed by atoms with Crippen LogP contribution in [-0.4, -0.2) is 28.8 Å². The van der Waals surface area contributed by atoms with Crippen LogP contribution in [0.3, 0.4) is 0 Å². The van der Waals surface area contributed by atoms with Gasteiger partial charge in [-0.15, -0.1) is 0 Å². The van der Waals surface area contributed by atoms with Crippen LogP contribution in [0.15, 0.2) is 93.0 Å². The first-order valence-electron chi connectivity index (χ1n) is 11.5. The van der Waals surface area contributed by atoms with Gasteiger partial charge in [0.25, 0.3) is 5.56 Å². The van der Waals surface area contributed by atoms with Crippen LogP contribution in [-0.2, 0) is 10.0 Å². The lowest BCUT2D eigenvalue weighted by atomic mass is 10.1. The highest BCUT2D eigenvalue weighted by Crippen LogP contribution is 2.29. The Labute approximate surface area is 214 Å². The van der Waals surface area contributed by atoms with Gasteiger partial charge in [0.2, 0.25) is 10.0 Å². The second kappa shape index (κ2) is 10.4. The van der Waals surface area contributed by atoms with Gasteiger partial charge in [-0.2, -0.15) is 4.31 Å². The molecular formula is C27H28BrN3O3S. The van der Waals surface area contributed by atoms with Crippen molar-refractivity contribution in [2.45, 2.75) is 38.1 Å². The molecule has 0 aliphatic rings. The fraction of sp³-hybridized carbons (Fsp3) is 0.259. The van der Waals surface area contributed by atoms with Gasteiger partial charge in [-0.25, -0.2) is 13.4 Å². The van der Waals surface area contributed by atoms with E-state index < -0.39 is 16.1 Å². The summed E-state index contributed by atoms with van der Waals surface area (Å²) in [7, 11) is -3.85. The molecule has 4 rings (SSSR count). The van der Waals surface area contributed by atoms with Crippen LogP contribution >= 0.6 is 15.9 Å². The Morgan fingerprint density at radius 1 is 0.914 bits per heavy atom. The molecule has 1 aromatic heterocycles. The molecule has 0 saturated heterocycles. The minimum Gasteiger partial charge on any atom is -0.268 e. The molecule has 1 atom stereocenters. The van der Waals surface area contributed by atoms with E-state index in [0.717, 1.165) is 4.47 Å². The lowest BCUT2D eigenvalue weighted by Crippen LogP contribution is -2.38. The summed E-state index contributed by atoms with van der Waals surface area (Å²) in [5.41, 5.74) is 0.925. The van der Waals surface area contributed by atoms with Crippen molar-refractivity contribution in [3.8, 4) is 5.69 Å². The van der Waals surface area contributed by atoms with E-state index >= 15 is 0 Å². The normalized spacial score (nSPS) is 13.0. The predicted molar refractivity (Wildman–Crippen MR) is 143 cm³/mol. The van der Waals surface area contributed by atoms with Gasteiger partial charge in [-0.05, 0) is 67.8 Å². The molecule has 6 nitrogen and oxygen atoms in total. The summed E-state index contributed by atoms with van der Waals surface area (Å²) >= 11 is 3.44. The van der Waals surface area contributed by atoms with Gasteiger partial charge in [0, 0.05) is 11.0 Å². The molecule has 1 unspecified atom stereocenters. The zero-order valence-corrected chi connectivity index (χ0v) is 22.3. The zero-order valence-electron chi connectivity index (χ0n) is 19.9. The average Bonchev–Trinajstić information content (AvgIpc) is 2.85. The van der Waals surface area contributed by atoms with E-state index in [1.165, 1.54) is 8.87 Å². The number of sulfonamides is 1.